The van der Waals surface area contributed by atoms with Gasteiger partial charge in [0.05, 0.1) is 0 Å². The molecule has 1 aliphatic carbocycles. The quantitative estimate of drug-likeness (QED) is 0.218. The number of rotatable bonds is 16. The van der Waals surface area contributed by atoms with E-state index in [0.717, 1.165) is 58.3 Å². The molecule has 0 heterocycles. The van der Waals surface area contributed by atoms with Gasteiger partial charge in [-0.05, 0) is 38.5 Å². The van der Waals surface area contributed by atoms with Crippen molar-refractivity contribution >= 4 is 8.80 Å². The van der Waals surface area contributed by atoms with Crippen LogP contribution in [0.3, 0.4) is 0 Å². The molecule has 0 aliphatic heterocycles. The lowest BCUT2D eigenvalue weighted by Crippen LogP contribution is -2.49. The van der Waals surface area contributed by atoms with Crippen LogP contribution in [0.4, 0.5) is 0 Å². The van der Waals surface area contributed by atoms with Crippen molar-refractivity contribution in [3.63, 3.8) is 0 Å². The number of hydrogen-bond acceptors (Lipinski definition) is 3. The molecule has 0 aromatic heterocycles. The monoisotopic (exact) mass is 382 g/mol. The van der Waals surface area contributed by atoms with Crippen molar-refractivity contribution in [2.45, 2.75) is 97.8 Å². The van der Waals surface area contributed by atoms with E-state index in [0.29, 0.717) is 0 Å². The highest BCUT2D eigenvalue weighted by molar-refractivity contribution is 6.68. The van der Waals surface area contributed by atoms with Crippen LogP contribution < -0.4 is 0 Å². The molecule has 4 heteroatoms. The molecular weight excluding hydrogens is 340 g/mol. The molecule has 26 heavy (non-hydrogen) atoms. The zero-order valence-electron chi connectivity index (χ0n) is 17.6. The van der Waals surface area contributed by atoms with Crippen LogP contribution in [0.15, 0.2) is 23.4 Å². The predicted molar refractivity (Wildman–Crippen MR) is 113 cm³/mol. The second kappa shape index (κ2) is 15.6. The first-order chi connectivity index (χ1) is 12.8. The summed E-state index contributed by atoms with van der Waals surface area (Å²) in [6.07, 6.45) is 20.5. The highest BCUT2D eigenvalue weighted by Crippen LogP contribution is 2.28. The van der Waals surface area contributed by atoms with Crippen LogP contribution in [0, 0.1) is 0 Å². The number of hydrogen-bond donors (Lipinski definition) is 0. The molecule has 0 bridgehead atoms. The van der Waals surface area contributed by atoms with Gasteiger partial charge in [-0.2, -0.15) is 0 Å². The lowest BCUT2D eigenvalue weighted by molar-refractivity contribution is 0.0634. The maximum absolute atomic E-state index is 6.48. The molecule has 1 aliphatic rings. The Morgan fingerprint density at radius 3 is 1.73 bits per heavy atom. The summed E-state index contributed by atoms with van der Waals surface area (Å²) >= 11 is 0. The number of unbranched alkanes of at least 4 members (excludes halogenated alkanes) is 6. The van der Waals surface area contributed by atoms with Crippen molar-refractivity contribution in [1.82, 2.24) is 0 Å². The second-order valence-electron chi connectivity index (χ2n) is 7.24. The van der Waals surface area contributed by atoms with Gasteiger partial charge >= 0.3 is 8.80 Å². The fourth-order valence-electron chi connectivity index (χ4n) is 3.11. The van der Waals surface area contributed by atoms with Crippen molar-refractivity contribution in [3.05, 3.63) is 23.4 Å². The van der Waals surface area contributed by atoms with E-state index in [-0.39, 0.29) is 0 Å². The molecule has 1 rings (SSSR count). The van der Waals surface area contributed by atoms with Gasteiger partial charge in [-0.1, -0.05) is 77.5 Å². The van der Waals surface area contributed by atoms with E-state index in [4.69, 9.17) is 13.3 Å². The molecule has 0 aromatic rings. The summed E-state index contributed by atoms with van der Waals surface area (Å²) < 4.78 is 19.4. The predicted octanol–water partition coefficient (Wildman–Crippen LogP) is 6.75. The van der Waals surface area contributed by atoms with Gasteiger partial charge in [0, 0.05) is 25.0 Å². The largest absolute Gasteiger partial charge is 0.532 e. The second-order valence-corrected chi connectivity index (χ2v) is 9.86. The third-order valence-corrected chi connectivity index (χ3v) is 7.72. The highest BCUT2D eigenvalue weighted by atomic mass is 28.4. The molecule has 0 fully saturated rings. The summed E-state index contributed by atoms with van der Waals surface area (Å²) in [6.45, 7) is 8.94. The van der Waals surface area contributed by atoms with E-state index < -0.39 is 8.80 Å². The Morgan fingerprint density at radius 2 is 1.27 bits per heavy atom. The van der Waals surface area contributed by atoms with E-state index in [9.17, 15) is 0 Å². The van der Waals surface area contributed by atoms with Crippen LogP contribution >= 0.6 is 0 Å². The topological polar surface area (TPSA) is 27.7 Å². The summed E-state index contributed by atoms with van der Waals surface area (Å²) in [5.41, 5.74) is 0. The minimum Gasteiger partial charge on any atom is -0.370 e. The first-order valence-corrected chi connectivity index (χ1v) is 12.8. The van der Waals surface area contributed by atoms with Crippen LogP contribution in [-0.2, 0) is 13.3 Å². The van der Waals surface area contributed by atoms with E-state index in [2.05, 4.69) is 39.0 Å². The maximum Gasteiger partial charge on any atom is 0.532 e. The molecule has 0 amide bonds. The molecular formula is C22H42O3Si. The third kappa shape index (κ3) is 9.49. The Kier molecular flexibility index (Phi) is 14.2. The zero-order valence-corrected chi connectivity index (χ0v) is 18.6. The fourth-order valence-corrected chi connectivity index (χ4v) is 5.94. The Hall–Kier alpha value is -0.423. The van der Waals surface area contributed by atoms with Gasteiger partial charge in [-0.15, -0.1) is 0 Å². The molecule has 3 nitrogen and oxygen atoms in total. The Balaban J connectivity index is 2.84. The molecule has 0 unspecified atom stereocenters. The summed E-state index contributed by atoms with van der Waals surface area (Å²) in [7, 11) is -2.77. The number of allylic oxidation sites excluding steroid dienone is 4. The van der Waals surface area contributed by atoms with Crippen molar-refractivity contribution in [2.75, 3.05) is 19.8 Å². The minimum absolute atomic E-state index is 0.753. The van der Waals surface area contributed by atoms with Crippen LogP contribution in [0.5, 0.6) is 0 Å². The first kappa shape index (κ1) is 23.6. The SMILES string of the molecule is CCCCCO[Si](OCCCCC)(OCCCCC)C1=CC=CCCC1. The van der Waals surface area contributed by atoms with Gasteiger partial charge in [-0.25, -0.2) is 0 Å². The van der Waals surface area contributed by atoms with Crippen LogP contribution in [-0.4, -0.2) is 28.6 Å². The van der Waals surface area contributed by atoms with E-state index >= 15 is 0 Å². The summed E-state index contributed by atoms with van der Waals surface area (Å²) in [4.78, 5) is 0. The molecule has 0 radical (unpaired) electrons. The lowest BCUT2D eigenvalue weighted by atomic mass is 10.2. The van der Waals surface area contributed by atoms with Gasteiger partial charge in [0.25, 0.3) is 0 Å². The highest BCUT2D eigenvalue weighted by Gasteiger charge is 2.45. The van der Waals surface area contributed by atoms with Crippen molar-refractivity contribution < 1.29 is 13.3 Å². The Morgan fingerprint density at radius 1 is 0.769 bits per heavy atom. The van der Waals surface area contributed by atoms with Crippen molar-refractivity contribution in [2.24, 2.45) is 0 Å². The van der Waals surface area contributed by atoms with E-state index in [1.807, 2.05) is 0 Å². The Labute approximate surface area is 163 Å². The zero-order chi connectivity index (χ0) is 18.9. The van der Waals surface area contributed by atoms with Crippen LogP contribution in [0.25, 0.3) is 0 Å². The molecule has 0 aromatic carbocycles. The smallest absolute Gasteiger partial charge is 0.370 e. The summed E-state index contributed by atoms with van der Waals surface area (Å²) in [6, 6.07) is 0. The van der Waals surface area contributed by atoms with Gasteiger partial charge in [0.1, 0.15) is 0 Å². The summed E-state index contributed by atoms with van der Waals surface area (Å²) in [5, 5.41) is 1.29. The summed E-state index contributed by atoms with van der Waals surface area (Å²) in [5.74, 6) is 0. The average molecular weight is 383 g/mol. The molecule has 0 atom stereocenters. The van der Waals surface area contributed by atoms with Crippen LogP contribution in [0.2, 0.25) is 0 Å². The van der Waals surface area contributed by atoms with Gasteiger partial charge < -0.3 is 13.3 Å². The Bertz CT molecular complexity index is 362. The molecule has 0 spiro atoms. The normalized spacial score (nSPS) is 15.1. The van der Waals surface area contributed by atoms with E-state index in [1.165, 1.54) is 43.7 Å². The molecule has 0 saturated carbocycles. The fraction of sp³-hybridized carbons (Fsp3) is 0.818. The minimum atomic E-state index is -2.77. The van der Waals surface area contributed by atoms with Gasteiger partial charge in [-0.3, -0.25) is 0 Å². The first-order valence-electron chi connectivity index (χ1n) is 11.1. The maximum atomic E-state index is 6.48. The van der Waals surface area contributed by atoms with Crippen molar-refractivity contribution in [1.29, 1.82) is 0 Å². The van der Waals surface area contributed by atoms with Crippen molar-refractivity contribution in [3.8, 4) is 0 Å². The molecule has 0 saturated heterocycles. The molecule has 0 N–H and O–H groups in total. The lowest BCUT2D eigenvalue weighted by Gasteiger charge is -2.32. The third-order valence-electron chi connectivity index (χ3n) is 4.76. The van der Waals surface area contributed by atoms with Crippen LogP contribution in [0.1, 0.15) is 97.8 Å². The van der Waals surface area contributed by atoms with E-state index in [1.54, 1.807) is 0 Å². The van der Waals surface area contributed by atoms with Gasteiger partial charge in [0.15, 0.2) is 0 Å². The molecule has 152 valence electrons. The average Bonchev–Trinajstić information content (AvgIpc) is 2.95. The standard InChI is InChI=1S/C22H42O3Si/c1-4-7-14-19-23-26(24-20-15-8-5-2,25-21-16-9-6-3)22-17-12-10-11-13-18-22/h10,12,17H,4-9,11,13-16,18-21H2,1-3H3. The van der Waals surface area contributed by atoms with Gasteiger partial charge in [0.2, 0.25) is 0 Å².